The summed E-state index contributed by atoms with van der Waals surface area (Å²) in [5, 5.41) is 44.1. The number of fused-ring (bicyclic) bond motifs is 2. The molecule has 6 aromatic carbocycles. The molecule has 8 N–H and O–H groups in total. The molecule has 0 radical (unpaired) electrons. The first kappa shape index (κ1) is 53.6. The highest BCUT2D eigenvalue weighted by atomic mass is 32.2. The Kier molecular flexibility index (Phi) is 14.0. The lowest BCUT2D eigenvalue weighted by atomic mass is 9.93. The number of phenols is 2. The van der Waals surface area contributed by atoms with Crippen LogP contribution in [0.25, 0.3) is 33.4 Å². The Hall–Kier alpha value is -8.64. The van der Waals surface area contributed by atoms with Crippen LogP contribution in [0.4, 0.5) is 28.4 Å². The van der Waals surface area contributed by atoms with Crippen LogP contribution < -0.4 is 29.6 Å². The number of carbonyl (C=O) groups is 2. The van der Waals surface area contributed by atoms with Gasteiger partial charge < -0.3 is 39.6 Å². The van der Waals surface area contributed by atoms with Crippen molar-refractivity contribution in [1.82, 2.24) is 0 Å². The van der Waals surface area contributed by atoms with E-state index in [0.717, 1.165) is 38.5 Å². The number of aromatic carboxylic acids is 2. The van der Waals surface area contributed by atoms with Crippen molar-refractivity contribution in [3.8, 4) is 45.4 Å². The molecule has 2 aliphatic rings. The molecule has 0 saturated heterocycles. The van der Waals surface area contributed by atoms with Crippen LogP contribution in [-0.2, 0) is 30.2 Å². The lowest BCUT2D eigenvalue weighted by Crippen LogP contribution is -2.16. The Labute approximate surface area is 435 Å². The van der Waals surface area contributed by atoms with E-state index in [1.165, 1.54) is 12.1 Å². The van der Waals surface area contributed by atoms with Gasteiger partial charge in [0, 0.05) is 57.7 Å². The van der Waals surface area contributed by atoms with Gasteiger partial charge in [-0.2, -0.15) is 8.42 Å². The third kappa shape index (κ3) is 10.0. The van der Waals surface area contributed by atoms with Gasteiger partial charge in [-0.3, -0.25) is 14.0 Å². The average Bonchev–Trinajstić information content (AvgIpc) is 3.39. The highest BCUT2D eigenvalue weighted by molar-refractivity contribution is 7.93. The van der Waals surface area contributed by atoms with Crippen molar-refractivity contribution in [2.45, 2.75) is 56.2 Å². The van der Waals surface area contributed by atoms with Gasteiger partial charge in [0.15, 0.2) is 23.0 Å². The second-order valence-corrected chi connectivity index (χ2v) is 22.4. The summed E-state index contributed by atoms with van der Waals surface area (Å²) >= 11 is 0. The van der Waals surface area contributed by atoms with Crippen molar-refractivity contribution in [1.29, 1.82) is 0 Å². The zero-order valence-corrected chi connectivity index (χ0v) is 44.1. The minimum atomic E-state index is -4.78. The number of methoxy groups -OCH3 is 2. The number of hydrogen-bond acceptors (Lipinski definition) is 15. The van der Waals surface area contributed by atoms with Crippen LogP contribution in [0.2, 0.25) is 0 Å². The predicted octanol–water partition coefficient (Wildman–Crippen LogP) is 9.70. The van der Waals surface area contributed by atoms with Crippen LogP contribution in [0.5, 0.6) is 23.0 Å². The number of nitrogens with zero attached hydrogens (tertiary/aromatic N) is 1. The largest absolute Gasteiger partial charge is 0.504 e. The van der Waals surface area contributed by atoms with Gasteiger partial charge in [0.05, 0.1) is 46.4 Å². The van der Waals surface area contributed by atoms with Crippen LogP contribution >= 0.6 is 0 Å². The molecule has 0 bridgehead atoms. The topological polar surface area (TPSA) is 318 Å². The number of carboxylic acids is 2. The van der Waals surface area contributed by atoms with E-state index >= 15 is 0 Å². The third-order valence-corrected chi connectivity index (χ3v) is 16.2. The van der Waals surface area contributed by atoms with Crippen molar-refractivity contribution in [2.24, 2.45) is 4.99 Å². The zero-order valence-electron chi connectivity index (χ0n) is 41.6. The van der Waals surface area contributed by atoms with Gasteiger partial charge in [-0.1, -0.05) is 30.3 Å². The number of anilines is 4. The monoisotopic (exact) mass is 1090 g/mol. The van der Waals surface area contributed by atoms with Crippen LogP contribution in [0.1, 0.15) is 54.1 Å². The maximum absolute atomic E-state index is 13.9. The molecular formula is C53H48N4O16S3. The summed E-state index contributed by atoms with van der Waals surface area (Å²) in [6, 6.07) is 22.9. The van der Waals surface area contributed by atoms with E-state index in [0.29, 0.717) is 72.3 Å². The second kappa shape index (κ2) is 19.9. The summed E-state index contributed by atoms with van der Waals surface area (Å²) in [4.78, 5) is 27.4. The Bertz CT molecular complexity index is 4170. The number of sulfonamides is 2. The molecule has 0 fully saturated rings. The van der Waals surface area contributed by atoms with E-state index in [1.54, 1.807) is 102 Å². The fourth-order valence-electron chi connectivity index (χ4n) is 9.03. The van der Waals surface area contributed by atoms with Gasteiger partial charge in [0.1, 0.15) is 27.4 Å². The standard InChI is InChI=1S/C53H48N4O16S3/c1-25-17-27(3)48(56-74(64,65)33-21-38(52(60)61)50(58)42(23-33)71-7)29(5)46(25)54-31-13-15-35-40(19-31)73-41-20-32(14-16-36(41)45(35)37-11-9-10-12-44(37)76(68,69)70)55-47-26(2)18-28(4)49(30(47)6)57-75(66,67)34-22-39(53(62)63)51(59)43(24-34)72-8/h9-24,54,56-59H,1-8H3,(H,60,61)(H,62,63)(H,68,69,70)/b55-32-. The highest BCUT2D eigenvalue weighted by Gasteiger charge is 2.28. The fourth-order valence-corrected chi connectivity index (χ4v) is 12.2. The predicted molar refractivity (Wildman–Crippen MR) is 283 cm³/mol. The van der Waals surface area contributed by atoms with Crippen LogP contribution in [-0.4, -0.2) is 76.4 Å². The molecule has 0 aromatic heterocycles. The smallest absolute Gasteiger partial charge is 0.339 e. The van der Waals surface area contributed by atoms with Gasteiger partial charge in [0.2, 0.25) is 0 Å². The van der Waals surface area contributed by atoms with Gasteiger partial charge in [-0.25, -0.2) is 31.4 Å². The normalized spacial score (nSPS) is 12.2. The molecule has 0 amide bonds. The lowest BCUT2D eigenvalue weighted by Gasteiger charge is -2.21. The number of carboxylic acid groups (broad SMARTS) is 2. The van der Waals surface area contributed by atoms with Crippen molar-refractivity contribution >= 4 is 81.5 Å². The maximum atomic E-state index is 13.9. The van der Waals surface area contributed by atoms with Gasteiger partial charge in [-0.05, 0) is 117 Å². The molecule has 0 atom stereocenters. The van der Waals surface area contributed by atoms with Crippen molar-refractivity contribution in [3.63, 3.8) is 0 Å². The van der Waals surface area contributed by atoms with E-state index < -0.39 is 74.5 Å². The summed E-state index contributed by atoms with van der Waals surface area (Å²) in [5.74, 6) is -5.17. The summed E-state index contributed by atoms with van der Waals surface area (Å²) < 4.78 is 113. The first-order chi connectivity index (χ1) is 35.6. The van der Waals surface area contributed by atoms with Crippen LogP contribution in [0, 0.1) is 41.5 Å². The molecule has 20 nitrogen and oxygen atoms in total. The molecule has 8 rings (SSSR count). The van der Waals surface area contributed by atoms with Crippen molar-refractivity contribution in [3.05, 3.63) is 147 Å². The molecule has 394 valence electrons. The number of rotatable bonds is 15. The average molecular weight is 1090 g/mol. The fraction of sp³-hybridized carbons (Fsp3) is 0.151. The Morgan fingerprint density at radius 2 is 1.12 bits per heavy atom. The molecule has 0 unspecified atom stereocenters. The molecule has 1 aliphatic carbocycles. The number of benzene rings is 7. The van der Waals surface area contributed by atoms with E-state index in [1.807, 2.05) is 0 Å². The third-order valence-electron chi connectivity index (χ3n) is 12.6. The molecule has 0 saturated carbocycles. The summed E-state index contributed by atoms with van der Waals surface area (Å²) in [6.07, 6.45) is 0. The van der Waals surface area contributed by atoms with E-state index in [9.17, 15) is 59.8 Å². The van der Waals surface area contributed by atoms with Crippen molar-refractivity contribution in [2.75, 3.05) is 29.0 Å². The summed E-state index contributed by atoms with van der Waals surface area (Å²) in [5.41, 5.74) is 4.60. The minimum Gasteiger partial charge on any atom is -0.504 e. The van der Waals surface area contributed by atoms with Gasteiger partial charge >= 0.3 is 11.9 Å². The number of aromatic hydroxyl groups is 2. The molecule has 1 heterocycles. The number of hydrogen-bond donors (Lipinski definition) is 8. The first-order valence-corrected chi connectivity index (χ1v) is 27.0. The SMILES string of the molecule is COc1cc(S(=O)(=O)Nc2c(C)cc(C)c(/N=c3/ccc4c(-c5ccccc5S(=O)(=O)O)c5ccc(Nc6c(C)cc(C)c(NS(=O)(=O)c7cc(OC)c(O)c(C(=O)O)c7)c6C)cc5oc-4c3)c2C)cc(C(=O)O)c1O. The van der Waals surface area contributed by atoms with Crippen molar-refractivity contribution < 1.29 is 73.7 Å². The highest BCUT2D eigenvalue weighted by Crippen LogP contribution is 2.45. The van der Waals surface area contributed by atoms with E-state index in [2.05, 4.69) is 14.8 Å². The number of ether oxygens (including phenoxy) is 2. The molecule has 6 aromatic rings. The Balaban J connectivity index is 1.25. The number of nitrogens with one attached hydrogen (secondary N) is 3. The molecule has 23 heteroatoms. The molecular weight excluding hydrogens is 1040 g/mol. The second-order valence-electron chi connectivity index (χ2n) is 17.7. The first-order valence-electron chi connectivity index (χ1n) is 22.6. The molecule has 1 aliphatic heterocycles. The summed E-state index contributed by atoms with van der Waals surface area (Å²) in [6.45, 7) is 10.3. The lowest BCUT2D eigenvalue weighted by molar-refractivity contribution is 0.0681. The summed E-state index contributed by atoms with van der Waals surface area (Å²) in [7, 11) is -11.5. The van der Waals surface area contributed by atoms with Gasteiger partial charge in [-0.15, -0.1) is 0 Å². The van der Waals surface area contributed by atoms with E-state index in [4.69, 9.17) is 18.9 Å². The van der Waals surface area contributed by atoms with E-state index in [-0.39, 0.29) is 44.7 Å². The molecule has 76 heavy (non-hydrogen) atoms. The van der Waals surface area contributed by atoms with Crippen LogP contribution in [0.15, 0.2) is 121 Å². The van der Waals surface area contributed by atoms with Crippen LogP contribution in [0.3, 0.4) is 0 Å². The Morgan fingerprint density at radius 1 is 0.592 bits per heavy atom. The quantitative estimate of drug-likeness (QED) is 0.0350. The maximum Gasteiger partial charge on any atom is 0.339 e. The minimum absolute atomic E-state index is 0.143. The molecule has 0 spiro atoms. The number of aryl methyl sites for hydroxylation is 4. The zero-order chi connectivity index (χ0) is 55.5. The Morgan fingerprint density at radius 3 is 1.66 bits per heavy atom. The van der Waals surface area contributed by atoms with Gasteiger partial charge in [0.25, 0.3) is 30.2 Å².